The maximum Gasteiger partial charge on any atom is 0.0304 e. The van der Waals surface area contributed by atoms with Gasteiger partial charge in [0, 0.05) is 37.8 Å². The summed E-state index contributed by atoms with van der Waals surface area (Å²) < 4.78 is 0. The Balaban J connectivity index is 1.95. The summed E-state index contributed by atoms with van der Waals surface area (Å²) in [5.41, 5.74) is 0.370. The highest BCUT2D eigenvalue weighted by molar-refractivity contribution is 4.97. The molecule has 0 aromatic heterocycles. The highest BCUT2D eigenvalue weighted by atomic mass is 15.3. The topological polar surface area (TPSA) is 18.5 Å². The summed E-state index contributed by atoms with van der Waals surface area (Å²) in [6.45, 7) is 16.9. The third-order valence-electron chi connectivity index (χ3n) is 5.87. The molecule has 0 bridgehead atoms. The van der Waals surface area contributed by atoms with Crippen LogP contribution in [-0.2, 0) is 0 Å². The maximum atomic E-state index is 3.86. The zero-order valence-electron chi connectivity index (χ0n) is 14.1. The molecule has 0 saturated carbocycles. The van der Waals surface area contributed by atoms with Gasteiger partial charge in [0.05, 0.1) is 0 Å². The first kappa shape index (κ1) is 16.3. The number of hydrogen-bond acceptors (Lipinski definition) is 3. The van der Waals surface area contributed by atoms with E-state index in [1.807, 2.05) is 0 Å². The molecule has 2 heterocycles. The molecule has 2 rings (SSSR count). The van der Waals surface area contributed by atoms with Crippen molar-refractivity contribution in [2.24, 2.45) is 5.92 Å². The molecule has 2 aliphatic rings. The molecule has 0 aliphatic carbocycles. The minimum absolute atomic E-state index is 0.370. The average Bonchev–Trinajstić information content (AvgIpc) is 2.94. The van der Waals surface area contributed by atoms with Crippen LogP contribution in [0.4, 0.5) is 0 Å². The first-order chi connectivity index (χ1) is 9.66. The molecule has 2 aliphatic heterocycles. The van der Waals surface area contributed by atoms with E-state index >= 15 is 0 Å². The van der Waals surface area contributed by atoms with Crippen LogP contribution in [-0.4, -0.2) is 60.6 Å². The Morgan fingerprint density at radius 2 is 1.90 bits per heavy atom. The number of nitrogens with zero attached hydrogens (tertiary/aromatic N) is 2. The summed E-state index contributed by atoms with van der Waals surface area (Å²) in [5.74, 6) is 0.897. The van der Waals surface area contributed by atoms with E-state index in [0.717, 1.165) is 12.0 Å². The standard InChI is InChI=1S/C17H35N3/c1-5-16-11-18-17(6-2,7-3)14-20(16)13-15-9-10-19(8-4)12-15/h15-16,18H,5-14H2,1-4H3. The lowest BCUT2D eigenvalue weighted by molar-refractivity contribution is 0.0581. The van der Waals surface area contributed by atoms with Crippen molar-refractivity contribution in [1.82, 2.24) is 15.1 Å². The first-order valence-corrected chi connectivity index (χ1v) is 8.87. The fraction of sp³-hybridized carbons (Fsp3) is 1.00. The van der Waals surface area contributed by atoms with E-state index < -0.39 is 0 Å². The summed E-state index contributed by atoms with van der Waals surface area (Å²) in [6.07, 6.45) is 5.19. The van der Waals surface area contributed by atoms with Crippen LogP contribution in [0.3, 0.4) is 0 Å². The van der Waals surface area contributed by atoms with Crippen LogP contribution < -0.4 is 5.32 Å². The molecular formula is C17H35N3. The largest absolute Gasteiger partial charge is 0.308 e. The second-order valence-corrected chi connectivity index (χ2v) is 6.91. The summed E-state index contributed by atoms with van der Waals surface area (Å²) in [4.78, 5) is 5.42. The van der Waals surface area contributed by atoms with Gasteiger partial charge in [-0.1, -0.05) is 27.7 Å². The monoisotopic (exact) mass is 281 g/mol. The summed E-state index contributed by atoms with van der Waals surface area (Å²) in [7, 11) is 0. The molecule has 20 heavy (non-hydrogen) atoms. The third kappa shape index (κ3) is 3.55. The van der Waals surface area contributed by atoms with E-state index in [0.29, 0.717) is 5.54 Å². The Labute approximate surface area is 126 Å². The molecule has 2 atom stereocenters. The van der Waals surface area contributed by atoms with Gasteiger partial charge in [-0.05, 0) is 44.7 Å². The van der Waals surface area contributed by atoms with Crippen molar-refractivity contribution in [2.45, 2.75) is 65.0 Å². The zero-order chi connectivity index (χ0) is 14.6. The minimum Gasteiger partial charge on any atom is -0.308 e. The van der Waals surface area contributed by atoms with Crippen molar-refractivity contribution >= 4 is 0 Å². The predicted octanol–water partition coefficient (Wildman–Crippen LogP) is 2.57. The van der Waals surface area contributed by atoms with E-state index in [-0.39, 0.29) is 0 Å². The summed E-state index contributed by atoms with van der Waals surface area (Å²) in [6, 6.07) is 0.747. The van der Waals surface area contributed by atoms with Gasteiger partial charge >= 0.3 is 0 Å². The van der Waals surface area contributed by atoms with Crippen LogP contribution >= 0.6 is 0 Å². The van der Waals surface area contributed by atoms with Crippen LogP contribution in [0.15, 0.2) is 0 Å². The predicted molar refractivity (Wildman–Crippen MR) is 87.2 cm³/mol. The first-order valence-electron chi connectivity index (χ1n) is 8.87. The van der Waals surface area contributed by atoms with Crippen molar-refractivity contribution in [1.29, 1.82) is 0 Å². The van der Waals surface area contributed by atoms with Crippen LogP contribution in [0.25, 0.3) is 0 Å². The van der Waals surface area contributed by atoms with Crippen LogP contribution in [0.2, 0.25) is 0 Å². The number of piperazine rings is 1. The fourth-order valence-electron chi connectivity index (χ4n) is 4.06. The van der Waals surface area contributed by atoms with Crippen molar-refractivity contribution in [3.63, 3.8) is 0 Å². The van der Waals surface area contributed by atoms with Crippen molar-refractivity contribution in [2.75, 3.05) is 39.3 Å². The molecule has 0 aromatic rings. The summed E-state index contributed by atoms with van der Waals surface area (Å²) >= 11 is 0. The third-order valence-corrected chi connectivity index (χ3v) is 5.87. The Morgan fingerprint density at radius 3 is 2.45 bits per heavy atom. The van der Waals surface area contributed by atoms with E-state index in [9.17, 15) is 0 Å². The van der Waals surface area contributed by atoms with E-state index in [1.165, 1.54) is 65.0 Å². The molecule has 118 valence electrons. The Bertz CT molecular complexity index is 288. The highest BCUT2D eigenvalue weighted by Crippen LogP contribution is 2.26. The number of likely N-dealkylation sites (tertiary alicyclic amines) is 1. The lowest BCUT2D eigenvalue weighted by Gasteiger charge is -2.48. The van der Waals surface area contributed by atoms with Crippen LogP contribution in [0, 0.1) is 5.92 Å². The van der Waals surface area contributed by atoms with Gasteiger partial charge in [-0.15, -0.1) is 0 Å². The van der Waals surface area contributed by atoms with Crippen LogP contribution in [0.5, 0.6) is 0 Å². The lowest BCUT2D eigenvalue weighted by atomic mass is 9.87. The summed E-state index contributed by atoms with van der Waals surface area (Å²) in [5, 5.41) is 3.86. The van der Waals surface area contributed by atoms with E-state index in [2.05, 4.69) is 42.8 Å². The minimum atomic E-state index is 0.370. The van der Waals surface area contributed by atoms with Crippen molar-refractivity contribution in [3.05, 3.63) is 0 Å². The van der Waals surface area contributed by atoms with Crippen LogP contribution in [0.1, 0.15) is 53.4 Å². The molecule has 0 radical (unpaired) electrons. The number of hydrogen-bond donors (Lipinski definition) is 1. The van der Waals surface area contributed by atoms with Gasteiger partial charge < -0.3 is 10.2 Å². The average molecular weight is 281 g/mol. The Kier molecular flexibility index (Phi) is 5.88. The molecule has 0 aromatic carbocycles. The fourth-order valence-corrected chi connectivity index (χ4v) is 4.06. The number of nitrogens with one attached hydrogen (secondary N) is 1. The maximum absolute atomic E-state index is 3.86. The second kappa shape index (κ2) is 7.24. The smallest absolute Gasteiger partial charge is 0.0304 e. The molecule has 2 saturated heterocycles. The van der Waals surface area contributed by atoms with Gasteiger partial charge in [-0.2, -0.15) is 0 Å². The van der Waals surface area contributed by atoms with Crippen molar-refractivity contribution in [3.8, 4) is 0 Å². The Morgan fingerprint density at radius 1 is 1.15 bits per heavy atom. The van der Waals surface area contributed by atoms with Gasteiger partial charge in [0.25, 0.3) is 0 Å². The zero-order valence-corrected chi connectivity index (χ0v) is 14.1. The van der Waals surface area contributed by atoms with Gasteiger partial charge in [0.1, 0.15) is 0 Å². The number of rotatable bonds is 6. The SMILES string of the molecule is CCC1CNC(CC)(CC)CN1CC1CCN(CC)C1. The van der Waals surface area contributed by atoms with E-state index in [1.54, 1.807) is 0 Å². The molecule has 2 fully saturated rings. The van der Waals surface area contributed by atoms with Gasteiger partial charge in [-0.25, -0.2) is 0 Å². The quantitative estimate of drug-likeness (QED) is 0.807. The molecule has 3 heteroatoms. The molecule has 2 unspecified atom stereocenters. The lowest BCUT2D eigenvalue weighted by Crippen LogP contribution is -2.64. The molecular weight excluding hydrogens is 246 g/mol. The molecule has 1 N–H and O–H groups in total. The van der Waals surface area contributed by atoms with E-state index in [4.69, 9.17) is 0 Å². The second-order valence-electron chi connectivity index (χ2n) is 6.91. The Hall–Kier alpha value is -0.120. The molecule has 3 nitrogen and oxygen atoms in total. The van der Waals surface area contributed by atoms with Gasteiger partial charge in [0.15, 0.2) is 0 Å². The molecule has 0 amide bonds. The van der Waals surface area contributed by atoms with Gasteiger partial charge in [0.2, 0.25) is 0 Å². The van der Waals surface area contributed by atoms with Crippen molar-refractivity contribution < 1.29 is 0 Å². The normalized spacial score (nSPS) is 31.8. The highest BCUT2D eigenvalue weighted by Gasteiger charge is 2.37. The van der Waals surface area contributed by atoms with Gasteiger partial charge in [-0.3, -0.25) is 4.90 Å². The molecule has 0 spiro atoms.